The second kappa shape index (κ2) is 13.0. The largest absolute Gasteiger partial charge is 0.493 e. The third kappa shape index (κ3) is 6.24. The Morgan fingerprint density at radius 2 is 1.78 bits per heavy atom. The highest BCUT2D eigenvalue weighted by Crippen LogP contribution is 2.41. The number of hydrogen-bond donors (Lipinski definition) is 5. The molecule has 4 unspecified atom stereocenters. The molecule has 9 heteroatoms. The van der Waals surface area contributed by atoms with Crippen LogP contribution in [0.4, 0.5) is 5.95 Å². The fourth-order valence-electron chi connectivity index (χ4n) is 5.36. The minimum atomic E-state index is -1.62. The lowest BCUT2D eigenvalue weighted by molar-refractivity contribution is -0.0939. The van der Waals surface area contributed by atoms with E-state index in [9.17, 15) is 15.3 Å². The van der Waals surface area contributed by atoms with Crippen molar-refractivity contribution < 1.29 is 29.9 Å². The molecule has 4 aromatic rings. The number of ether oxygens (including phenoxy) is 2. The third-order valence-corrected chi connectivity index (χ3v) is 7.63. The Morgan fingerprint density at radius 1 is 1.00 bits per heavy atom. The van der Waals surface area contributed by atoms with Gasteiger partial charge in [-0.15, -0.1) is 0 Å². The maximum atomic E-state index is 11.1. The quantitative estimate of drug-likeness (QED) is 0.156. The molecule has 0 saturated carbocycles. The maximum absolute atomic E-state index is 11.1. The monoisotopic (exact) mass is 561 g/mol. The number of aryl methyl sites for hydroxylation is 1. The van der Waals surface area contributed by atoms with Gasteiger partial charge >= 0.3 is 0 Å². The number of rotatable bonds is 13. The smallest absolute Gasteiger partial charge is 0.206 e. The number of hydrogen-bond acceptors (Lipinski definition) is 8. The van der Waals surface area contributed by atoms with E-state index in [2.05, 4.69) is 35.6 Å². The number of nitrogens with zero attached hydrogens (tertiary/aromatic N) is 2. The summed E-state index contributed by atoms with van der Waals surface area (Å²) < 4.78 is 13.8. The van der Waals surface area contributed by atoms with Crippen molar-refractivity contribution in [2.75, 3.05) is 31.7 Å². The van der Waals surface area contributed by atoms with Gasteiger partial charge in [0, 0.05) is 18.7 Å². The molecule has 0 amide bonds. The van der Waals surface area contributed by atoms with E-state index in [-0.39, 0.29) is 6.61 Å². The zero-order valence-electron chi connectivity index (χ0n) is 23.3. The Hall–Kier alpha value is -3.47. The van der Waals surface area contributed by atoms with Crippen molar-refractivity contribution in [3.63, 3.8) is 0 Å². The van der Waals surface area contributed by atoms with Crippen LogP contribution in [-0.2, 0) is 11.2 Å². The first-order valence-corrected chi connectivity index (χ1v) is 14.2. The topological polar surface area (TPSA) is 129 Å². The van der Waals surface area contributed by atoms with Crippen LogP contribution in [0.5, 0.6) is 5.75 Å². The van der Waals surface area contributed by atoms with E-state index in [0.29, 0.717) is 25.5 Å². The van der Waals surface area contributed by atoms with E-state index in [4.69, 9.17) is 19.6 Å². The first-order chi connectivity index (χ1) is 19.9. The number of aliphatic hydroxyl groups excluding tert-OH is 3. The second-order valence-corrected chi connectivity index (χ2v) is 10.7. The predicted molar refractivity (Wildman–Crippen MR) is 158 cm³/mol. The number of fused-ring (bicyclic) bond motifs is 1. The molecule has 0 aliphatic carbocycles. The van der Waals surface area contributed by atoms with E-state index in [1.165, 1.54) is 6.92 Å². The Labute approximate surface area is 240 Å². The summed E-state index contributed by atoms with van der Waals surface area (Å²) in [5.74, 6) is 1.36. The van der Waals surface area contributed by atoms with Gasteiger partial charge < -0.3 is 35.2 Å². The number of aromatic nitrogens is 2. The minimum Gasteiger partial charge on any atom is -0.493 e. The average Bonchev–Trinajstić information content (AvgIpc) is 3.46. The van der Waals surface area contributed by atoms with Gasteiger partial charge in [0.1, 0.15) is 23.6 Å². The Balaban J connectivity index is 1.30. The van der Waals surface area contributed by atoms with Gasteiger partial charge in [-0.1, -0.05) is 54.6 Å². The lowest BCUT2D eigenvalue weighted by Crippen LogP contribution is -2.44. The first kappa shape index (κ1) is 29.0. The Kier molecular flexibility index (Phi) is 9.22. The number of unbranched alkanes of at least 4 members (excludes halogenated alkanes) is 1. The molecule has 0 radical (unpaired) electrons. The molecule has 1 saturated heterocycles. The Bertz CT molecular complexity index is 1420. The lowest BCUT2D eigenvalue weighted by atomic mass is 9.96. The van der Waals surface area contributed by atoms with Crippen LogP contribution in [-0.4, -0.2) is 74.2 Å². The van der Waals surface area contributed by atoms with Crippen LogP contribution < -0.4 is 10.1 Å². The van der Waals surface area contributed by atoms with Gasteiger partial charge in [-0.3, -0.25) is 4.57 Å². The molecular formula is C32H39N3O6. The highest BCUT2D eigenvalue weighted by molar-refractivity contribution is 5.79. The van der Waals surface area contributed by atoms with Crippen LogP contribution in [0, 0.1) is 0 Å². The fraction of sp³-hybridized carbons (Fsp3) is 0.406. The summed E-state index contributed by atoms with van der Waals surface area (Å²) in [5, 5.41) is 43.9. The second-order valence-electron chi connectivity index (χ2n) is 10.7. The lowest BCUT2D eigenvalue weighted by Gasteiger charge is -2.28. The maximum Gasteiger partial charge on any atom is 0.206 e. The van der Waals surface area contributed by atoms with Crippen LogP contribution in [0.1, 0.15) is 38.0 Å². The van der Waals surface area contributed by atoms with Gasteiger partial charge in [0.05, 0.1) is 24.2 Å². The van der Waals surface area contributed by atoms with Crippen LogP contribution >= 0.6 is 0 Å². The van der Waals surface area contributed by atoms with Crippen LogP contribution in [0.15, 0.2) is 72.8 Å². The summed E-state index contributed by atoms with van der Waals surface area (Å²) in [5.41, 5.74) is 3.14. The number of nitrogens with one attached hydrogen (secondary N) is 1. The van der Waals surface area contributed by atoms with Crippen molar-refractivity contribution >= 4 is 17.0 Å². The van der Waals surface area contributed by atoms with Crippen molar-refractivity contribution in [1.29, 1.82) is 0 Å². The molecule has 3 aromatic carbocycles. The molecule has 41 heavy (non-hydrogen) atoms. The number of para-hydroxylation sites is 2. The van der Waals surface area contributed by atoms with Crippen molar-refractivity contribution in [2.45, 2.75) is 56.6 Å². The highest BCUT2D eigenvalue weighted by atomic mass is 16.6. The molecule has 1 aliphatic heterocycles. The summed E-state index contributed by atoms with van der Waals surface area (Å²) in [6.45, 7) is 2.42. The summed E-state index contributed by atoms with van der Waals surface area (Å²) >= 11 is 0. The summed E-state index contributed by atoms with van der Waals surface area (Å²) in [6.07, 6.45) is 0.0273. The number of anilines is 1. The Morgan fingerprint density at radius 3 is 2.54 bits per heavy atom. The first-order valence-electron chi connectivity index (χ1n) is 14.2. The van der Waals surface area contributed by atoms with Crippen molar-refractivity contribution in [3.05, 3.63) is 78.4 Å². The zero-order chi connectivity index (χ0) is 28.8. The number of benzene rings is 3. The van der Waals surface area contributed by atoms with Crippen molar-refractivity contribution in [2.24, 2.45) is 0 Å². The molecule has 2 heterocycles. The molecule has 1 aromatic heterocycles. The van der Waals surface area contributed by atoms with Crippen LogP contribution in [0.2, 0.25) is 0 Å². The molecule has 9 nitrogen and oxygen atoms in total. The molecule has 0 bridgehead atoms. The molecule has 1 fully saturated rings. The van der Waals surface area contributed by atoms with Gasteiger partial charge in [0.15, 0.2) is 6.23 Å². The van der Waals surface area contributed by atoms with Gasteiger partial charge in [-0.25, -0.2) is 4.98 Å². The minimum absolute atomic E-state index is 0.156. The molecular weight excluding hydrogens is 522 g/mol. The zero-order valence-corrected chi connectivity index (χ0v) is 23.3. The summed E-state index contributed by atoms with van der Waals surface area (Å²) in [6, 6.07) is 24.0. The molecule has 5 N–H and O–H groups in total. The van der Waals surface area contributed by atoms with Gasteiger partial charge in [-0.2, -0.15) is 0 Å². The fourth-order valence-corrected chi connectivity index (χ4v) is 5.36. The van der Waals surface area contributed by atoms with Gasteiger partial charge in [-0.05, 0) is 61.9 Å². The predicted octanol–water partition coefficient (Wildman–Crippen LogP) is 3.90. The molecule has 0 spiro atoms. The molecule has 5 rings (SSSR count). The van der Waals surface area contributed by atoms with E-state index < -0.39 is 30.6 Å². The molecule has 4 atom stereocenters. The van der Waals surface area contributed by atoms with Crippen molar-refractivity contribution in [1.82, 2.24) is 9.55 Å². The highest BCUT2D eigenvalue weighted by Gasteiger charge is 2.53. The number of aliphatic hydroxyl groups is 4. The molecule has 218 valence electrons. The summed E-state index contributed by atoms with van der Waals surface area (Å²) in [4.78, 5) is 4.73. The van der Waals surface area contributed by atoms with Gasteiger partial charge in [0.2, 0.25) is 5.95 Å². The van der Waals surface area contributed by atoms with Crippen LogP contribution in [0.3, 0.4) is 0 Å². The number of imidazole rings is 1. The van der Waals surface area contributed by atoms with E-state index in [1.807, 2.05) is 42.5 Å². The van der Waals surface area contributed by atoms with E-state index >= 15 is 0 Å². The summed E-state index contributed by atoms with van der Waals surface area (Å²) in [7, 11) is 0. The SMILES string of the molecule is CC1(O)C(O)C(CO)OC1n1c(NCCCc2ccc(-c3ccccc3)c(OCCCCO)c2)nc2ccccc21. The van der Waals surface area contributed by atoms with Crippen molar-refractivity contribution in [3.8, 4) is 16.9 Å². The van der Waals surface area contributed by atoms with E-state index in [1.54, 1.807) is 4.57 Å². The standard InChI is InChI=1S/C32H39N3O6/c1-32(39)29(38)28(21-37)41-30(32)35-26-14-6-5-13-25(26)34-31(35)33-17-9-10-22-15-16-24(23-11-3-2-4-12-23)27(20-22)40-19-8-7-18-36/h2-6,11-16,20,28-30,36-39H,7-10,17-19,21H2,1H3,(H,33,34). The van der Waals surface area contributed by atoms with E-state index in [0.717, 1.165) is 52.7 Å². The third-order valence-electron chi connectivity index (χ3n) is 7.63. The van der Waals surface area contributed by atoms with Crippen LogP contribution in [0.25, 0.3) is 22.2 Å². The van der Waals surface area contributed by atoms with Gasteiger partial charge in [0.25, 0.3) is 0 Å². The average molecular weight is 562 g/mol. The normalized spacial score (nSPS) is 22.3. The molecule has 1 aliphatic rings.